The van der Waals surface area contributed by atoms with Gasteiger partial charge in [0.15, 0.2) is 12.6 Å². The molecule has 2 aliphatic rings. The molecule has 12 unspecified atom stereocenters. The van der Waals surface area contributed by atoms with Crippen LogP contribution in [-0.4, -0.2) is 140 Å². The van der Waals surface area contributed by atoms with E-state index in [2.05, 4.69) is 177 Å². The van der Waals surface area contributed by atoms with Crippen molar-refractivity contribution in [2.75, 3.05) is 19.8 Å². The molecule has 12 atom stereocenters. The number of unbranched alkanes of at least 4 members (excludes halogenated alkanes) is 24. The first-order chi connectivity index (χ1) is 49.1. The lowest BCUT2D eigenvalue weighted by molar-refractivity contribution is -0.359. The van der Waals surface area contributed by atoms with Crippen molar-refractivity contribution in [2.45, 2.75) is 344 Å². The monoisotopic (exact) mass is 1400 g/mol. The SMILES string of the molecule is CC/C=C\C/C=C\C/C=C\C/C=C\C/C=C\C/C=C\C/C=C\C/C=C\C/C=C\C/C=C\C/C=C\C/C=C\CCCCC(=O)NC(COC1OC(CO)C(OC2OC(CO)C(O)C(O)C2O)C(O)C1O)C(O)/C=C/CC/C=C/CCCCCCCCCCCCCCCCCCCCCCC. The fourth-order valence-electron chi connectivity index (χ4n) is 11.7. The highest BCUT2D eigenvalue weighted by molar-refractivity contribution is 5.76. The number of aliphatic hydroxyl groups is 8. The highest BCUT2D eigenvalue weighted by atomic mass is 16.7. The van der Waals surface area contributed by atoms with Crippen LogP contribution in [0.2, 0.25) is 0 Å². The molecule has 0 aromatic heterocycles. The quantitative estimate of drug-likeness (QED) is 0.0204. The zero-order valence-electron chi connectivity index (χ0n) is 62.1. The Labute approximate surface area is 607 Å². The summed E-state index contributed by atoms with van der Waals surface area (Å²) in [6, 6.07) is -0.970. The van der Waals surface area contributed by atoms with Gasteiger partial charge in [0.1, 0.15) is 48.8 Å². The Kier molecular flexibility index (Phi) is 61.7. The van der Waals surface area contributed by atoms with Crippen molar-refractivity contribution < 1.29 is 64.6 Å². The number of rotatable bonds is 63. The van der Waals surface area contributed by atoms with Crippen LogP contribution in [0.25, 0.3) is 0 Å². The average molecular weight is 1400 g/mol. The standard InChI is InChI=1S/C86H141NO13/c1-3-5-7-9-11-13-15-17-19-21-23-25-27-29-31-32-33-34-35-36-37-38-39-40-41-42-44-46-48-50-52-54-56-58-60-62-64-66-68-70-78(91)87-74(73-97-85-83(96)81(94)84(77(72-89)99-85)100-86-82(95)80(93)79(92)76(71-88)98-86)75(90)69-67-65-63-61-59-57-55-53-51-49-47-45-43-30-28-26-24-22-20-18-16-14-12-10-8-6-4-2/h5,7,11,13,17,19,23,25,29,31,33-34,36-37,39-40,42,44,48,50,54,56,59-62,67,69,74-77,79-86,88-90,92-96H,3-4,6,8-10,12,14-16,18,20-22,24,26-28,30,32,35,38,41,43,45-47,49,51-53,55,57-58,63-66,68,70-73H2,1-2H3,(H,87,91)/b7-5-,13-11-,19-17-,25-23-,31-29-,34-33-,37-36-,40-39-,44-42-,50-48-,56-54-,61-59+,62-60-,69-67+. The van der Waals surface area contributed by atoms with Crippen molar-refractivity contribution in [3.05, 3.63) is 170 Å². The van der Waals surface area contributed by atoms with Gasteiger partial charge in [0, 0.05) is 6.42 Å². The molecule has 0 radical (unpaired) electrons. The molecule has 0 spiro atoms. The molecule has 14 nitrogen and oxygen atoms in total. The van der Waals surface area contributed by atoms with Gasteiger partial charge in [-0.1, -0.05) is 312 Å². The van der Waals surface area contributed by atoms with Gasteiger partial charge in [-0.3, -0.25) is 4.79 Å². The van der Waals surface area contributed by atoms with Crippen LogP contribution in [0.15, 0.2) is 170 Å². The van der Waals surface area contributed by atoms with Crippen molar-refractivity contribution in [2.24, 2.45) is 0 Å². The van der Waals surface area contributed by atoms with Crippen LogP contribution in [0.4, 0.5) is 0 Å². The van der Waals surface area contributed by atoms with E-state index in [-0.39, 0.29) is 18.9 Å². The molecule has 0 saturated carbocycles. The Morgan fingerprint density at radius 2 is 0.700 bits per heavy atom. The van der Waals surface area contributed by atoms with E-state index in [1.54, 1.807) is 6.08 Å². The molecule has 2 fully saturated rings. The topological polar surface area (TPSA) is 228 Å². The zero-order valence-corrected chi connectivity index (χ0v) is 62.1. The van der Waals surface area contributed by atoms with E-state index in [9.17, 15) is 45.6 Å². The summed E-state index contributed by atoms with van der Waals surface area (Å²) in [5.41, 5.74) is 0. The van der Waals surface area contributed by atoms with Gasteiger partial charge in [-0.05, 0) is 122 Å². The Bertz CT molecular complexity index is 2340. The maximum Gasteiger partial charge on any atom is 0.220 e. The minimum absolute atomic E-state index is 0.207. The predicted octanol–water partition coefficient (Wildman–Crippen LogP) is 17.9. The Hall–Kier alpha value is -4.65. The van der Waals surface area contributed by atoms with Crippen LogP contribution in [0, 0.1) is 0 Å². The normalized spacial score (nSPS) is 22.8. The second-order valence-electron chi connectivity index (χ2n) is 26.7. The van der Waals surface area contributed by atoms with Crippen LogP contribution >= 0.6 is 0 Å². The molecule has 9 N–H and O–H groups in total. The second-order valence-corrected chi connectivity index (χ2v) is 26.7. The molecule has 568 valence electrons. The van der Waals surface area contributed by atoms with Gasteiger partial charge in [-0.2, -0.15) is 0 Å². The predicted molar refractivity (Wildman–Crippen MR) is 414 cm³/mol. The van der Waals surface area contributed by atoms with Crippen molar-refractivity contribution in [1.29, 1.82) is 0 Å². The molecule has 2 saturated heterocycles. The van der Waals surface area contributed by atoms with Gasteiger partial charge in [-0.25, -0.2) is 0 Å². The van der Waals surface area contributed by atoms with E-state index in [4.69, 9.17) is 18.9 Å². The number of carbonyl (C=O) groups excluding carboxylic acids is 1. The summed E-state index contributed by atoms with van der Waals surface area (Å²) in [4.78, 5) is 13.4. The highest BCUT2D eigenvalue weighted by Crippen LogP contribution is 2.30. The number of aliphatic hydroxyl groups excluding tert-OH is 8. The fraction of sp³-hybridized carbons (Fsp3) is 0.663. The molecule has 2 heterocycles. The first-order valence-corrected chi connectivity index (χ1v) is 39.4. The number of allylic oxidation sites excluding steroid dienone is 27. The third-order valence-electron chi connectivity index (χ3n) is 17.9. The number of carbonyl (C=O) groups is 1. The maximum atomic E-state index is 13.4. The summed E-state index contributed by atoms with van der Waals surface area (Å²) in [5, 5.41) is 87.6. The molecule has 2 aliphatic heterocycles. The third kappa shape index (κ3) is 49.9. The summed E-state index contributed by atoms with van der Waals surface area (Å²) in [6.45, 7) is 2.65. The lowest BCUT2D eigenvalue weighted by Gasteiger charge is -2.46. The number of hydrogen-bond donors (Lipinski definition) is 9. The number of hydrogen-bond acceptors (Lipinski definition) is 13. The zero-order chi connectivity index (χ0) is 72.2. The third-order valence-corrected chi connectivity index (χ3v) is 17.9. The minimum Gasteiger partial charge on any atom is -0.394 e. The molecule has 2 rings (SSSR count). The number of ether oxygens (including phenoxy) is 4. The summed E-state index contributed by atoms with van der Waals surface area (Å²) >= 11 is 0. The van der Waals surface area contributed by atoms with Gasteiger partial charge in [-0.15, -0.1) is 0 Å². The maximum absolute atomic E-state index is 13.4. The van der Waals surface area contributed by atoms with Gasteiger partial charge in [0.2, 0.25) is 5.91 Å². The Morgan fingerprint density at radius 1 is 0.370 bits per heavy atom. The average Bonchev–Trinajstić information content (AvgIpc) is 0.796. The van der Waals surface area contributed by atoms with Crippen molar-refractivity contribution in [1.82, 2.24) is 5.32 Å². The van der Waals surface area contributed by atoms with E-state index < -0.39 is 86.8 Å². The van der Waals surface area contributed by atoms with Gasteiger partial charge >= 0.3 is 0 Å². The summed E-state index contributed by atoms with van der Waals surface area (Å²) in [5.74, 6) is -0.296. The Balaban J connectivity index is 1.69. The molecular weight excluding hydrogens is 1250 g/mol. The van der Waals surface area contributed by atoms with Crippen molar-refractivity contribution >= 4 is 5.91 Å². The molecule has 100 heavy (non-hydrogen) atoms. The van der Waals surface area contributed by atoms with Crippen LogP contribution in [0.5, 0.6) is 0 Å². The molecule has 0 bridgehead atoms. The van der Waals surface area contributed by atoms with Crippen LogP contribution < -0.4 is 5.32 Å². The first-order valence-electron chi connectivity index (χ1n) is 39.4. The number of nitrogens with one attached hydrogen (secondary N) is 1. The van der Waals surface area contributed by atoms with Gasteiger partial charge < -0.3 is 65.1 Å². The molecule has 0 aromatic carbocycles. The van der Waals surface area contributed by atoms with E-state index >= 15 is 0 Å². The highest BCUT2D eigenvalue weighted by Gasteiger charge is 2.51. The second kappa shape index (κ2) is 67.5. The summed E-state index contributed by atoms with van der Waals surface area (Å²) in [6.07, 6.45) is 88.5. The van der Waals surface area contributed by atoms with E-state index in [1.807, 2.05) is 6.08 Å². The number of amides is 1. The lowest BCUT2D eigenvalue weighted by Crippen LogP contribution is -2.65. The van der Waals surface area contributed by atoms with Gasteiger partial charge in [0.25, 0.3) is 0 Å². The molecule has 14 heteroatoms. The summed E-state index contributed by atoms with van der Waals surface area (Å²) in [7, 11) is 0. The first kappa shape index (κ1) is 91.4. The largest absolute Gasteiger partial charge is 0.394 e. The Morgan fingerprint density at radius 3 is 1.10 bits per heavy atom. The minimum atomic E-state index is -1.81. The smallest absolute Gasteiger partial charge is 0.220 e. The van der Waals surface area contributed by atoms with Crippen LogP contribution in [0.1, 0.15) is 271 Å². The molecule has 0 aromatic rings. The van der Waals surface area contributed by atoms with Crippen molar-refractivity contribution in [3.63, 3.8) is 0 Å². The summed E-state index contributed by atoms with van der Waals surface area (Å²) < 4.78 is 22.8. The molecule has 0 aliphatic carbocycles. The van der Waals surface area contributed by atoms with E-state index in [0.717, 1.165) is 103 Å². The lowest BCUT2D eigenvalue weighted by atomic mass is 9.97. The van der Waals surface area contributed by atoms with Crippen LogP contribution in [0.3, 0.4) is 0 Å². The van der Waals surface area contributed by atoms with Crippen molar-refractivity contribution in [3.8, 4) is 0 Å². The van der Waals surface area contributed by atoms with Gasteiger partial charge in [0.05, 0.1) is 32.0 Å². The molecule has 1 amide bonds. The van der Waals surface area contributed by atoms with E-state index in [1.165, 1.54) is 135 Å². The van der Waals surface area contributed by atoms with Crippen LogP contribution in [-0.2, 0) is 23.7 Å². The van der Waals surface area contributed by atoms with E-state index in [0.29, 0.717) is 12.8 Å². The molecular formula is C86H141NO13. The fourth-order valence-corrected chi connectivity index (χ4v) is 11.7.